The van der Waals surface area contributed by atoms with Gasteiger partial charge in [-0.1, -0.05) is 24.6 Å². The zero-order chi connectivity index (χ0) is 22.1. The molecule has 1 saturated heterocycles. The van der Waals surface area contributed by atoms with Crippen molar-refractivity contribution in [3.8, 4) is 0 Å². The van der Waals surface area contributed by atoms with Crippen LogP contribution in [0.3, 0.4) is 0 Å². The van der Waals surface area contributed by atoms with E-state index in [-0.39, 0.29) is 23.8 Å². The van der Waals surface area contributed by atoms with E-state index in [1.54, 1.807) is 35.0 Å². The minimum atomic E-state index is -3.59. The van der Waals surface area contributed by atoms with Crippen LogP contribution in [0, 0.1) is 26.7 Å². The zero-order valence-electron chi connectivity index (χ0n) is 17.9. The van der Waals surface area contributed by atoms with E-state index in [1.165, 1.54) is 0 Å². The molecule has 1 aromatic carbocycles. The lowest BCUT2D eigenvalue weighted by molar-refractivity contribution is -0.116. The second-order valence-corrected chi connectivity index (χ2v) is 10.4. The predicted octanol–water partition coefficient (Wildman–Crippen LogP) is 3.91. The molecule has 0 radical (unpaired) electrons. The number of amides is 1. The molecule has 9 heteroatoms. The summed E-state index contributed by atoms with van der Waals surface area (Å²) in [6.07, 6.45) is 1.90. The molecule has 2 aromatic rings. The molecule has 1 aromatic heterocycles. The maximum atomic E-state index is 13.2. The van der Waals surface area contributed by atoms with E-state index in [0.29, 0.717) is 41.1 Å². The van der Waals surface area contributed by atoms with Crippen LogP contribution >= 0.6 is 11.6 Å². The van der Waals surface area contributed by atoms with Crippen molar-refractivity contribution in [2.45, 2.75) is 58.4 Å². The van der Waals surface area contributed by atoms with Crippen LogP contribution in [-0.2, 0) is 21.4 Å². The van der Waals surface area contributed by atoms with E-state index in [2.05, 4.69) is 17.3 Å². The number of hydrogen-bond donors (Lipinski definition) is 1. The first-order valence-corrected chi connectivity index (χ1v) is 12.0. The number of sulfonamides is 1. The number of anilines is 1. The standard InChI is InChI=1S/C21H29ClN4O3S/c1-14-7-10-25(11-8-14)30(28,29)21-16(3)24-26(17(21)4)12-9-20(27)23-19-6-5-15(2)13-18(19)22/h5-6,13-14H,7-12H2,1-4H3,(H,23,27). The van der Waals surface area contributed by atoms with Crippen molar-refractivity contribution in [2.75, 3.05) is 18.4 Å². The first-order valence-electron chi connectivity index (χ1n) is 10.2. The SMILES string of the molecule is Cc1ccc(NC(=O)CCn2nc(C)c(S(=O)(=O)N3CCC(C)CC3)c2C)c(Cl)c1. The minimum absolute atomic E-state index is 0.160. The van der Waals surface area contributed by atoms with E-state index >= 15 is 0 Å². The number of aryl methyl sites for hydroxylation is 3. The molecule has 3 rings (SSSR count). The van der Waals surface area contributed by atoms with Gasteiger partial charge in [-0.15, -0.1) is 0 Å². The lowest BCUT2D eigenvalue weighted by Gasteiger charge is -2.29. The van der Waals surface area contributed by atoms with Gasteiger partial charge in [0.25, 0.3) is 0 Å². The molecular formula is C21H29ClN4O3S. The molecule has 0 bridgehead atoms. The maximum absolute atomic E-state index is 13.2. The van der Waals surface area contributed by atoms with Crippen LogP contribution in [0.15, 0.2) is 23.1 Å². The Hall–Kier alpha value is -1.90. The smallest absolute Gasteiger partial charge is 0.246 e. The molecule has 1 fully saturated rings. The Balaban J connectivity index is 1.70. The number of aromatic nitrogens is 2. The summed E-state index contributed by atoms with van der Waals surface area (Å²) in [6.45, 7) is 8.88. The van der Waals surface area contributed by atoms with Gasteiger partial charge in [0.1, 0.15) is 4.90 Å². The number of hydrogen-bond acceptors (Lipinski definition) is 4. The average Bonchev–Trinajstić information content (AvgIpc) is 2.96. The second-order valence-electron chi connectivity index (χ2n) is 8.09. The zero-order valence-corrected chi connectivity index (χ0v) is 19.5. The molecule has 2 heterocycles. The van der Waals surface area contributed by atoms with E-state index in [0.717, 1.165) is 18.4 Å². The van der Waals surface area contributed by atoms with Gasteiger partial charge in [0, 0.05) is 19.5 Å². The van der Waals surface area contributed by atoms with Gasteiger partial charge in [-0.25, -0.2) is 8.42 Å². The molecule has 0 spiro atoms. The van der Waals surface area contributed by atoms with Gasteiger partial charge >= 0.3 is 0 Å². The highest BCUT2D eigenvalue weighted by Gasteiger charge is 2.33. The molecule has 0 unspecified atom stereocenters. The van der Waals surface area contributed by atoms with Gasteiger partial charge in [0.05, 0.1) is 28.6 Å². The van der Waals surface area contributed by atoms with Crippen molar-refractivity contribution < 1.29 is 13.2 Å². The second kappa shape index (κ2) is 9.08. The van der Waals surface area contributed by atoms with E-state index in [9.17, 15) is 13.2 Å². The Morgan fingerprint density at radius 3 is 2.53 bits per heavy atom. The summed E-state index contributed by atoms with van der Waals surface area (Å²) in [6, 6.07) is 5.43. The highest BCUT2D eigenvalue weighted by molar-refractivity contribution is 7.89. The molecule has 1 N–H and O–H groups in total. The van der Waals surface area contributed by atoms with E-state index < -0.39 is 10.0 Å². The number of nitrogens with zero attached hydrogens (tertiary/aromatic N) is 3. The van der Waals surface area contributed by atoms with Crippen molar-refractivity contribution in [2.24, 2.45) is 5.92 Å². The van der Waals surface area contributed by atoms with Gasteiger partial charge in [-0.3, -0.25) is 9.48 Å². The normalized spacial score (nSPS) is 16.0. The third kappa shape index (κ3) is 4.87. The van der Waals surface area contributed by atoms with Crippen molar-refractivity contribution in [3.63, 3.8) is 0 Å². The summed E-state index contributed by atoms with van der Waals surface area (Å²) in [5.41, 5.74) is 2.60. The molecule has 30 heavy (non-hydrogen) atoms. The van der Waals surface area contributed by atoms with Gasteiger partial charge in [0.2, 0.25) is 15.9 Å². The van der Waals surface area contributed by atoms with Crippen LogP contribution in [0.4, 0.5) is 5.69 Å². The van der Waals surface area contributed by atoms with Crippen molar-refractivity contribution in [1.82, 2.24) is 14.1 Å². The van der Waals surface area contributed by atoms with Gasteiger partial charge in [-0.05, 0) is 57.2 Å². The predicted molar refractivity (Wildman–Crippen MR) is 118 cm³/mol. The first kappa shape index (κ1) is 22.8. The summed E-state index contributed by atoms with van der Waals surface area (Å²) >= 11 is 6.17. The van der Waals surface area contributed by atoms with Gasteiger partial charge in [-0.2, -0.15) is 9.40 Å². The van der Waals surface area contributed by atoms with Gasteiger partial charge in [0.15, 0.2) is 0 Å². The highest BCUT2D eigenvalue weighted by Crippen LogP contribution is 2.28. The number of nitrogens with one attached hydrogen (secondary N) is 1. The number of piperidine rings is 1. The maximum Gasteiger partial charge on any atom is 0.246 e. The summed E-state index contributed by atoms with van der Waals surface area (Å²) in [7, 11) is -3.59. The van der Waals surface area contributed by atoms with Crippen molar-refractivity contribution >= 4 is 33.2 Å². The Labute approximate surface area is 183 Å². The summed E-state index contributed by atoms with van der Waals surface area (Å²) in [5.74, 6) is 0.338. The average molecular weight is 453 g/mol. The largest absolute Gasteiger partial charge is 0.325 e. The molecule has 0 atom stereocenters. The fourth-order valence-corrected chi connectivity index (χ4v) is 5.89. The van der Waals surface area contributed by atoms with Crippen LogP contribution in [0.2, 0.25) is 5.02 Å². The van der Waals surface area contributed by atoms with Crippen molar-refractivity contribution in [3.05, 3.63) is 40.2 Å². The topological polar surface area (TPSA) is 84.3 Å². The summed E-state index contributed by atoms with van der Waals surface area (Å²) < 4.78 is 29.5. The highest BCUT2D eigenvalue weighted by atomic mass is 35.5. The van der Waals surface area contributed by atoms with Crippen LogP contribution in [-0.4, -0.2) is 41.5 Å². The summed E-state index contributed by atoms with van der Waals surface area (Å²) in [5, 5.41) is 7.68. The molecule has 1 aliphatic heterocycles. The molecule has 0 saturated carbocycles. The Bertz CT molecular complexity index is 1040. The summed E-state index contributed by atoms with van der Waals surface area (Å²) in [4.78, 5) is 12.6. The number of benzene rings is 1. The van der Waals surface area contributed by atoms with Crippen LogP contribution in [0.5, 0.6) is 0 Å². The minimum Gasteiger partial charge on any atom is -0.325 e. The fourth-order valence-electron chi connectivity index (χ4n) is 3.77. The lowest BCUT2D eigenvalue weighted by Crippen LogP contribution is -2.38. The third-order valence-electron chi connectivity index (χ3n) is 5.60. The van der Waals surface area contributed by atoms with E-state index in [1.807, 2.05) is 13.0 Å². The van der Waals surface area contributed by atoms with Crippen LogP contribution in [0.25, 0.3) is 0 Å². The number of carbonyl (C=O) groups is 1. The Kier molecular flexibility index (Phi) is 6.89. The Morgan fingerprint density at radius 2 is 1.90 bits per heavy atom. The molecule has 1 amide bonds. The molecule has 164 valence electrons. The fraction of sp³-hybridized carbons (Fsp3) is 0.524. The monoisotopic (exact) mass is 452 g/mol. The number of carbonyl (C=O) groups excluding carboxylic acids is 1. The Morgan fingerprint density at radius 1 is 1.23 bits per heavy atom. The van der Waals surface area contributed by atoms with Crippen LogP contribution < -0.4 is 5.32 Å². The van der Waals surface area contributed by atoms with Crippen molar-refractivity contribution in [1.29, 1.82) is 0 Å². The number of rotatable bonds is 6. The van der Waals surface area contributed by atoms with Crippen LogP contribution in [0.1, 0.15) is 43.1 Å². The molecule has 7 nitrogen and oxygen atoms in total. The van der Waals surface area contributed by atoms with Gasteiger partial charge < -0.3 is 5.32 Å². The lowest BCUT2D eigenvalue weighted by atomic mass is 10.0. The molecule has 0 aliphatic carbocycles. The van der Waals surface area contributed by atoms with E-state index in [4.69, 9.17) is 11.6 Å². The third-order valence-corrected chi connectivity index (χ3v) is 8.07. The molecular weight excluding hydrogens is 424 g/mol. The number of halogens is 1. The first-order chi connectivity index (χ1) is 14.1. The quantitative estimate of drug-likeness (QED) is 0.720. The molecule has 1 aliphatic rings.